The zero-order chi connectivity index (χ0) is 22.2. The van der Waals surface area contributed by atoms with Gasteiger partial charge in [0.15, 0.2) is 6.10 Å². The molecule has 0 bridgehead atoms. The largest absolute Gasteiger partial charge is 0.497 e. The van der Waals surface area contributed by atoms with E-state index in [9.17, 15) is 4.79 Å². The predicted molar refractivity (Wildman–Crippen MR) is 120 cm³/mol. The van der Waals surface area contributed by atoms with Crippen molar-refractivity contribution in [1.29, 1.82) is 0 Å². The van der Waals surface area contributed by atoms with Gasteiger partial charge in [-0.2, -0.15) is 10.2 Å². The third-order valence-electron chi connectivity index (χ3n) is 4.80. The van der Waals surface area contributed by atoms with Gasteiger partial charge in [0.2, 0.25) is 0 Å². The minimum atomic E-state index is -0.353. The van der Waals surface area contributed by atoms with Crippen LogP contribution in [-0.4, -0.2) is 48.3 Å². The summed E-state index contributed by atoms with van der Waals surface area (Å²) in [6, 6.07) is 17.0. The lowest BCUT2D eigenvalue weighted by molar-refractivity contribution is 0.0472. The molecule has 4 rings (SSSR count). The Hall–Kier alpha value is -4.14. The topological polar surface area (TPSA) is 107 Å². The normalized spacial score (nSPS) is 14.8. The van der Waals surface area contributed by atoms with Crippen LogP contribution in [0.4, 0.5) is 10.5 Å². The fraction of sp³-hybridized carbons (Fsp3) is 0.217. The molecule has 0 aliphatic carbocycles. The van der Waals surface area contributed by atoms with E-state index in [1.807, 2.05) is 48.5 Å². The van der Waals surface area contributed by atoms with E-state index < -0.39 is 0 Å². The first-order valence-corrected chi connectivity index (χ1v) is 10.1. The van der Waals surface area contributed by atoms with Crippen LogP contribution in [0.5, 0.6) is 11.5 Å². The standard InChI is InChI=1S/C23H23N5O4/c1-30-19-8-6-16(7-9-19)21-4-2-3-5-22(21)31-15-20-12-18(28-32-20)13-24-23(29)27-17-10-11-25-26-14-17/h2-11,14,20H,12-13,15H2,1H3,(H2,24,25,27,29). The molecule has 32 heavy (non-hydrogen) atoms. The molecule has 2 amide bonds. The van der Waals surface area contributed by atoms with E-state index in [2.05, 4.69) is 26.0 Å². The number of amides is 2. The van der Waals surface area contributed by atoms with E-state index in [1.54, 1.807) is 13.2 Å². The molecule has 1 atom stereocenters. The molecule has 1 aliphatic heterocycles. The van der Waals surface area contributed by atoms with Crippen LogP contribution in [0.25, 0.3) is 11.1 Å². The Morgan fingerprint density at radius 2 is 1.97 bits per heavy atom. The number of rotatable bonds is 8. The number of carbonyl (C=O) groups excluding carboxylic acids is 1. The number of methoxy groups -OCH3 is 1. The van der Waals surface area contributed by atoms with Gasteiger partial charge in [-0.3, -0.25) is 0 Å². The maximum absolute atomic E-state index is 12.0. The minimum Gasteiger partial charge on any atom is -0.497 e. The van der Waals surface area contributed by atoms with Crippen LogP contribution < -0.4 is 20.1 Å². The number of urea groups is 1. The Morgan fingerprint density at radius 3 is 2.75 bits per heavy atom. The molecule has 2 heterocycles. The van der Waals surface area contributed by atoms with Crippen LogP contribution >= 0.6 is 0 Å². The molecule has 0 saturated heterocycles. The van der Waals surface area contributed by atoms with E-state index in [0.717, 1.165) is 28.3 Å². The predicted octanol–water partition coefficient (Wildman–Crippen LogP) is 3.50. The number of hydrogen-bond acceptors (Lipinski definition) is 7. The van der Waals surface area contributed by atoms with E-state index in [0.29, 0.717) is 18.7 Å². The number of ether oxygens (including phenoxy) is 2. The quantitative estimate of drug-likeness (QED) is 0.563. The third kappa shape index (κ3) is 5.51. The Bertz CT molecular complexity index is 1070. The van der Waals surface area contributed by atoms with Crippen molar-refractivity contribution in [3.05, 3.63) is 67.0 Å². The highest BCUT2D eigenvalue weighted by Gasteiger charge is 2.22. The van der Waals surface area contributed by atoms with Crippen molar-refractivity contribution in [2.24, 2.45) is 5.16 Å². The lowest BCUT2D eigenvalue weighted by Gasteiger charge is -2.14. The van der Waals surface area contributed by atoms with Gasteiger partial charge in [-0.15, -0.1) is 0 Å². The first kappa shape index (κ1) is 21.1. The van der Waals surface area contributed by atoms with Gasteiger partial charge in [0.1, 0.15) is 18.1 Å². The van der Waals surface area contributed by atoms with E-state index in [-0.39, 0.29) is 18.7 Å². The van der Waals surface area contributed by atoms with Crippen molar-refractivity contribution in [1.82, 2.24) is 15.5 Å². The molecule has 9 heteroatoms. The molecule has 2 N–H and O–H groups in total. The number of hydrogen-bond donors (Lipinski definition) is 2. The second-order valence-electron chi connectivity index (χ2n) is 7.06. The van der Waals surface area contributed by atoms with Crippen LogP contribution in [0.2, 0.25) is 0 Å². The number of benzene rings is 2. The molecular weight excluding hydrogens is 410 g/mol. The molecular formula is C23H23N5O4. The van der Waals surface area contributed by atoms with Crippen LogP contribution in [0.1, 0.15) is 6.42 Å². The molecule has 0 spiro atoms. The summed E-state index contributed by atoms with van der Waals surface area (Å²) in [6.07, 6.45) is 3.32. The summed E-state index contributed by atoms with van der Waals surface area (Å²) in [4.78, 5) is 17.4. The Labute approximate surface area is 185 Å². The summed E-state index contributed by atoms with van der Waals surface area (Å²) < 4.78 is 11.3. The maximum Gasteiger partial charge on any atom is 0.319 e. The number of nitrogens with zero attached hydrogens (tertiary/aromatic N) is 3. The SMILES string of the molecule is COc1ccc(-c2ccccc2OCC2CC(CNC(=O)Nc3ccnnc3)=NO2)cc1. The minimum absolute atomic E-state index is 0.219. The van der Waals surface area contributed by atoms with Gasteiger partial charge in [0, 0.05) is 12.0 Å². The van der Waals surface area contributed by atoms with E-state index in [1.165, 1.54) is 12.4 Å². The van der Waals surface area contributed by atoms with Gasteiger partial charge in [-0.1, -0.05) is 35.5 Å². The molecule has 2 aromatic carbocycles. The van der Waals surface area contributed by atoms with Gasteiger partial charge in [-0.05, 0) is 29.8 Å². The number of anilines is 1. The lowest BCUT2D eigenvalue weighted by Crippen LogP contribution is -2.33. The van der Waals surface area contributed by atoms with E-state index in [4.69, 9.17) is 14.3 Å². The van der Waals surface area contributed by atoms with Gasteiger partial charge < -0.3 is 24.9 Å². The third-order valence-corrected chi connectivity index (χ3v) is 4.80. The van der Waals surface area contributed by atoms with Crippen LogP contribution in [0, 0.1) is 0 Å². The average Bonchev–Trinajstić information content (AvgIpc) is 3.30. The second kappa shape index (κ2) is 10.3. The molecule has 0 fully saturated rings. The first-order valence-electron chi connectivity index (χ1n) is 10.1. The molecule has 1 unspecified atom stereocenters. The summed E-state index contributed by atoms with van der Waals surface area (Å²) in [6.45, 7) is 0.623. The number of aromatic nitrogens is 2. The molecule has 1 aromatic heterocycles. The highest BCUT2D eigenvalue weighted by Crippen LogP contribution is 2.31. The van der Waals surface area contributed by atoms with Gasteiger partial charge >= 0.3 is 6.03 Å². The van der Waals surface area contributed by atoms with Crippen molar-refractivity contribution in [2.45, 2.75) is 12.5 Å². The summed E-state index contributed by atoms with van der Waals surface area (Å²) >= 11 is 0. The molecule has 164 valence electrons. The van der Waals surface area contributed by atoms with Crippen molar-refractivity contribution >= 4 is 17.4 Å². The molecule has 0 saturated carbocycles. The van der Waals surface area contributed by atoms with Gasteiger partial charge in [0.25, 0.3) is 0 Å². The zero-order valence-corrected chi connectivity index (χ0v) is 17.5. The summed E-state index contributed by atoms with van der Waals surface area (Å²) in [5.74, 6) is 1.56. The van der Waals surface area contributed by atoms with Gasteiger partial charge in [-0.25, -0.2) is 4.79 Å². The molecule has 0 radical (unpaired) electrons. The summed E-state index contributed by atoms with van der Waals surface area (Å²) in [7, 11) is 1.64. The highest BCUT2D eigenvalue weighted by atomic mass is 16.7. The summed E-state index contributed by atoms with van der Waals surface area (Å²) in [5, 5.41) is 16.9. The van der Waals surface area contributed by atoms with Crippen molar-refractivity contribution in [2.75, 3.05) is 25.6 Å². The van der Waals surface area contributed by atoms with Crippen molar-refractivity contribution < 1.29 is 19.1 Å². The van der Waals surface area contributed by atoms with Crippen LogP contribution in [0.15, 0.2) is 72.1 Å². The molecule has 3 aromatic rings. The van der Waals surface area contributed by atoms with Crippen molar-refractivity contribution in [3.8, 4) is 22.6 Å². The van der Waals surface area contributed by atoms with Crippen LogP contribution in [0.3, 0.4) is 0 Å². The first-order chi connectivity index (χ1) is 15.7. The zero-order valence-electron chi connectivity index (χ0n) is 17.5. The van der Waals surface area contributed by atoms with E-state index >= 15 is 0 Å². The maximum atomic E-state index is 12.0. The highest BCUT2D eigenvalue weighted by molar-refractivity contribution is 5.94. The van der Waals surface area contributed by atoms with Crippen LogP contribution in [-0.2, 0) is 4.84 Å². The number of oxime groups is 1. The monoisotopic (exact) mass is 433 g/mol. The van der Waals surface area contributed by atoms with Gasteiger partial charge in [0.05, 0.1) is 37.4 Å². The number of para-hydroxylation sites is 1. The molecule has 1 aliphatic rings. The smallest absolute Gasteiger partial charge is 0.319 e. The average molecular weight is 433 g/mol. The summed E-state index contributed by atoms with van der Waals surface area (Å²) in [5.41, 5.74) is 3.32. The Kier molecular flexibility index (Phi) is 6.76. The fourth-order valence-corrected chi connectivity index (χ4v) is 3.19. The lowest BCUT2D eigenvalue weighted by atomic mass is 10.0. The Balaban J connectivity index is 1.26. The number of carbonyl (C=O) groups is 1. The number of nitrogens with one attached hydrogen (secondary N) is 2. The Morgan fingerprint density at radius 1 is 1.12 bits per heavy atom. The van der Waals surface area contributed by atoms with Crippen molar-refractivity contribution in [3.63, 3.8) is 0 Å². The fourth-order valence-electron chi connectivity index (χ4n) is 3.19. The second-order valence-corrected chi connectivity index (χ2v) is 7.06. The molecule has 9 nitrogen and oxygen atoms in total.